The molecule has 0 amide bonds. The molecule has 0 saturated carbocycles. The lowest BCUT2D eigenvalue weighted by molar-refractivity contribution is 0.0373. The van der Waals surface area contributed by atoms with Crippen LogP contribution in [0.4, 0.5) is 0 Å². The highest BCUT2D eigenvalue weighted by Gasteiger charge is 2.26. The molecule has 2 heterocycles. The van der Waals surface area contributed by atoms with Crippen molar-refractivity contribution in [1.82, 2.24) is 19.7 Å². The number of hydrogen-bond donors (Lipinski definition) is 0. The molecular weight excluding hydrogens is 412 g/mol. The standard InChI is InChI=1S/C27H22N4O2/c1-18-13-15-20(16-14-18)25(33-27(32)21-9-5-3-6-10-21)24-23-17-28-31(22-11-7-4-8-12-22)26(23)30-19(2)29-24/h3-17,25H,1-2H3. The highest BCUT2D eigenvalue weighted by molar-refractivity contribution is 5.90. The van der Waals surface area contributed by atoms with Crippen LogP contribution in [0.5, 0.6) is 0 Å². The Morgan fingerprint density at radius 3 is 2.21 bits per heavy atom. The molecule has 33 heavy (non-hydrogen) atoms. The van der Waals surface area contributed by atoms with Crippen molar-refractivity contribution in [2.45, 2.75) is 20.0 Å². The van der Waals surface area contributed by atoms with Gasteiger partial charge in [-0.1, -0.05) is 66.2 Å². The third-order valence-corrected chi connectivity index (χ3v) is 5.43. The van der Waals surface area contributed by atoms with Gasteiger partial charge in [-0.15, -0.1) is 0 Å². The molecule has 0 bridgehead atoms. The Labute approximate surface area is 191 Å². The van der Waals surface area contributed by atoms with Crippen LogP contribution in [0.2, 0.25) is 0 Å². The van der Waals surface area contributed by atoms with Crippen LogP contribution >= 0.6 is 0 Å². The van der Waals surface area contributed by atoms with Crippen molar-refractivity contribution in [3.05, 3.63) is 119 Å². The lowest BCUT2D eigenvalue weighted by atomic mass is 10.0. The molecule has 2 aromatic heterocycles. The second kappa shape index (κ2) is 8.67. The van der Waals surface area contributed by atoms with E-state index in [0.717, 1.165) is 22.2 Å². The molecule has 0 fully saturated rings. The van der Waals surface area contributed by atoms with Gasteiger partial charge in [-0.25, -0.2) is 19.4 Å². The predicted molar refractivity (Wildman–Crippen MR) is 126 cm³/mol. The topological polar surface area (TPSA) is 69.9 Å². The minimum Gasteiger partial charge on any atom is -0.447 e. The molecule has 0 aliphatic heterocycles. The largest absolute Gasteiger partial charge is 0.447 e. The molecule has 0 radical (unpaired) electrons. The third-order valence-electron chi connectivity index (χ3n) is 5.43. The van der Waals surface area contributed by atoms with E-state index in [1.807, 2.05) is 86.6 Å². The minimum absolute atomic E-state index is 0.416. The highest BCUT2D eigenvalue weighted by atomic mass is 16.5. The molecule has 0 aliphatic carbocycles. The fourth-order valence-corrected chi connectivity index (χ4v) is 3.77. The van der Waals surface area contributed by atoms with Gasteiger partial charge in [-0.05, 0) is 43.7 Å². The van der Waals surface area contributed by atoms with Crippen molar-refractivity contribution in [2.75, 3.05) is 0 Å². The van der Waals surface area contributed by atoms with Crippen LogP contribution in [0.3, 0.4) is 0 Å². The summed E-state index contributed by atoms with van der Waals surface area (Å²) >= 11 is 0. The number of para-hydroxylation sites is 1. The molecule has 0 spiro atoms. The van der Waals surface area contributed by atoms with Gasteiger partial charge in [0, 0.05) is 0 Å². The van der Waals surface area contributed by atoms with Crippen LogP contribution in [-0.2, 0) is 4.74 Å². The SMILES string of the molecule is Cc1ccc(C(OC(=O)c2ccccc2)c2nc(C)nc3c2cnn3-c2ccccc2)cc1. The molecule has 6 heteroatoms. The molecule has 1 atom stereocenters. The number of esters is 1. The van der Waals surface area contributed by atoms with Crippen LogP contribution in [0, 0.1) is 13.8 Å². The van der Waals surface area contributed by atoms with Crippen LogP contribution in [0.15, 0.2) is 91.1 Å². The first-order valence-corrected chi connectivity index (χ1v) is 10.7. The molecular formula is C27H22N4O2. The fraction of sp³-hybridized carbons (Fsp3) is 0.111. The maximum Gasteiger partial charge on any atom is 0.339 e. The Hall–Kier alpha value is -4.32. The van der Waals surface area contributed by atoms with Gasteiger partial charge in [0.2, 0.25) is 0 Å². The smallest absolute Gasteiger partial charge is 0.339 e. The van der Waals surface area contributed by atoms with Gasteiger partial charge < -0.3 is 4.74 Å². The van der Waals surface area contributed by atoms with Crippen LogP contribution in [0.1, 0.15) is 39.1 Å². The van der Waals surface area contributed by atoms with E-state index in [1.165, 1.54) is 0 Å². The molecule has 6 nitrogen and oxygen atoms in total. The highest BCUT2D eigenvalue weighted by Crippen LogP contribution is 2.32. The van der Waals surface area contributed by atoms with Gasteiger partial charge in [-0.3, -0.25) is 0 Å². The van der Waals surface area contributed by atoms with Gasteiger partial charge in [-0.2, -0.15) is 5.10 Å². The number of aromatic nitrogens is 4. The number of rotatable bonds is 5. The predicted octanol–water partition coefficient (Wildman–Crippen LogP) is 5.38. The summed E-state index contributed by atoms with van der Waals surface area (Å²) in [6.45, 7) is 3.85. The zero-order valence-electron chi connectivity index (χ0n) is 18.3. The lowest BCUT2D eigenvalue weighted by Crippen LogP contribution is -2.15. The number of carbonyl (C=O) groups is 1. The Morgan fingerprint density at radius 2 is 1.52 bits per heavy atom. The Balaban J connectivity index is 1.66. The van der Waals surface area contributed by atoms with E-state index >= 15 is 0 Å². The zero-order chi connectivity index (χ0) is 22.8. The number of nitrogens with zero attached hydrogens (tertiary/aromatic N) is 4. The lowest BCUT2D eigenvalue weighted by Gasteiger charge is -2.19. The molecule has 5 rings (SSSR count). The Morgan fingerprint density at radius 1 is 0.848 bits per heavy atom. The van der Waals surface area contributed by atoms with Crippen LogP contribution in [0.25, 0.3) is 16.7 Å². The number of carbonyl (C=O) groups excluding carboxylic acids is 1. The van der Waals surface area contributed by atoms with Gasteiger partial charge in [0.05, 0.1) is 22.8 Å². The molecule has 0 aliphatic rings. The summed E-state index contributed by atoms with van der Waals surface area (Å²) in [4.78, 5) is 22.4. The summed E-state index contributed by atoms with van der Waals surface area (Å²) < 4.78 is 7.84. The van der Waals surface area contributed by atoms with E-state index in [0.29, 0.717) is 22.7 Å². The molecule has 3 aromatic carbocycles. The van der Waals surface area contributed by atoms with Crippen molar-refractivity contribution in [3.63, 3.8) is 0 Å². The van der Waals surface area contributed by atoms with Crippen molar-refractivity contribution < 1.29 is 9.53 Å². The second-order valence-corrected chi connectivity index (χ2v) is 7.85. The van der Waals surface area contributed by atoms with Gasteiger partial charge >= 0.3 is 5.97 Å². The zero-order valence-corrected chi connectivity index (χ0v) is 18.3. The summed E-state index contributed by atoms with van der Waals surface area (Å²) in [5.41, 5.74) is 4.59. The summed E-state index contributed by atoms with van der Waals surface area (Å²) in [7, 11) is 0. The Kier molecular flexibility index (Phi) is 5.40. The summed E-state index contributed by atoms with van der Waals surface area (Å²) in [6, 6.07) is 26.7. The van der Waals surface area contributed by atoms with Gasteiger partial charge in [0.15, 0.2) is 11.8 Å². The quantitative estimate of drug-likeness (QED) is 0.348. The van der Waals surface area contributed by atoms with Crippen molar-refractivity contribution in [2.24, 2.45) is 0 Å². The molecule has 162 valence electrons. The summed E-state index contributed by atoms with van der Waals surface area (Å²) in [5, 5.41) is 5.30. The van der Waals surface area contributed by atoms with Crippen molar-refractivity contribution in [3.8, 4) is 5.69 Å². The third kappa shape index (κ3) is 4.11. The average molecular weight is 434 g/mol. The monoisotopic (exact) mass is 434 g/mol. The first-order valence-electron chi connectivity index (χ1n) is 10.7. The average Bonchev–Trinajstić information content (AvgIpc) is 3.27. The van der Waals surface area contributed by atoms with E-state index in [-0.39, 0.29) is 0 Å². The van der Waals surface area contributed by atoms with Gasteiger partial charge in [0.1, 0.15) is 11.5 Å². The van der Waals surface area contributed by atoms with E-state index in [2.05, 4.69) is 10.1 Å². The van der Waals surface area contributed by atoms with Crippen LogP contribution in [-0.4, -0.2) is 25.7 Å². The second-order valence-electron chi connectivity index (χ2n) is 7.85. The molecule has 0 saturated heterocycles. The summed E-state index contributed by atoms with van der Waals surface area (Å²) in [5.74, 6) is 0.157. The van der Waals surface area contributed by atoms with Gasteiger partial charge in [0.25, 0.3) is 0 Å². The normalized spacial score (nSPS) is 11.9. The number of aryl methyl sites for hydroxylation is 2. The number of hydrogen-bond acceptors (Lipinski definition) is 5. The van der Waals surface area contributed by atoms with E-state index in [9.17, 15) is 4.79 Å². The molecule has 0 N–H and O–H groups in total. The Bertz CT molecular complexity index is 1410. The summed E-state index contributed by atoms with van der Waals surface area (Å²) in [6.07, 6.45) is 1.02. The number of benzene rings is 3. The minimum atomic E-state index is -0.712. The van der Waals surface area contributed by atoms with E-state index in [4.69, 9.17) is 9.72 Å². The van der Waals surface area contributed by atoms with Crippen LogP contribution < -0.4 is 0 Å². The maximum atomic E-state index is 13.0. The van der Waals surface area contributed by atoms with Crippen molar-refractivity contribution >= 4 is 17.0 Å². The molecule has 1 unspecified atom stereocenters. The maximum absolute atomic E-state index is 13.0. The first kappa shape index (κ1) is 20.6. The van der Waals surface area contributed by atoms with Crippen molar-refractivity contribution in [1.29, 1.82) is 0 Å². The number of fused-ring (bicyclic) bond motifs is 1. The number of ether oxygens (including phenoxy) is 1. The fourth-order valence-electron chi connectivity index (χ4n) is 3.77. The molecule has 5 aromatic rings. The van der Waals surface area contributed by atoms with E-state index < -0.39 is 12.1 Å². The first-order chi connectivity index (χ1) is 16.1. The van der Waals surface area contributed by atoms with E-state index in [1.54, 1.807) is 23.0 Å².